The normalized spacial score (nSPS) is 16.8. The van der Waals surface area contributed by atoms with E-state index >= 15 is 0 Å². The molecule has 0 aromatic carbocycles. The molecule has 0 radical (unpaired) electrons. The highest BCUT2D eigenvalue weighted by atomic mass is 16.6. The molecule has 0 spiro atoms. The Bertz CT molecular complexity index is 642. The molecule has 0 unspecified atom stereocenters. The highest BCUT2D eigenvalue weighted by Gasteiger charge is 2.39. The molecule has 1 aromatic rings. The van der Waals surface area contributed by atoms with Gasteiger partial charge in [-0.25, -0.2) is 9.59 Å². The first-order chi connectivity index (χ1) is 12.2. The third-order valence-corrected chi connectivity index (χ3v) is 4.58. The Labute approximate surface area is 154 Å². The van der Waals surface area contributed by atoms with Gasteiger partial charge in [-0.2, -0.15) is 5.10 Å². The lowest BCUT2D eigenvalue weighted by atomic mass is 9.71. The number of esters is 1. The summed E-state index contributed by atoms with van der Waals surface area (Å²) in [5.74, 6) is -0.543. The molecule has 8 heteroatoms. The number of anilines is 1. The van der Waals surface area contributed by atoms with Crippen LogP contribution in [0.1, 0.15) is 76.0 Å². The van der Waals surface area contributed by atoms with E-state index in [-0.39, 0.29) is 12.3 Å². The van der Waals surface area contributed by atoms with Crippen LogP contribution in [0.5, 0.6) is 0 Å². The van der Waals surface area contributed by atoms with Crippen LogP contribution in [0, 0.1) is 0 Å². The molecule has 1 saturated carbocycles. The van der Waals surface area contributed by atoms with Gasteiger partial charge in [0.25, 0.3) is 0 Å². The average Bonchev–Trinajstić information content (AvgIpc) is 2.95. The number of hydrogen-bond donors (Lipinski definition) is 3. The highest BCUT2D eigenvalue weighted by molar-refractivity contribution is 5.93. The fraction of sp³-hybridized carbons (Fsp3) is 0.722. The van der Waals surface area contributed by atoms with Crippen LogP contribution in [0.25, 0.3) is 0 Å². The maximum absolute atomic E-state index is 12.1. The fourth-order valence-corrected chi connectivity index (χ4v) is 3.41. The van der Waals surface area contributed by atoms with Crippen molar-refractivity contribution in [2.24, 2.45) is 0 Å². The van der Waals surface area contributed by atoms with Crippen LogP contribution in [0.2, 0.25) is 0 Å². The summed E-state index contributed by atoms with van der Waals surface area (Å²) in [5.41, 5.74) is 6.36. The van der Waals surface area contributed by atoms with Crippen LogP contribution >= 0.6 is 0 Å². The molecule has 1 aliphatic rings. The van der Waals surface area contributed by atoms with E-state index in [0.29, 0.717) is 17.9 Å². The van der Waals surface area contributed by atoms with Gasteiger partial charge < -0.3 is 20.5 Å². The number of nitrogens with two attached hydrogens (primary N) is 1. The highest BCUT2D eigenvalue weighted by Crippen LogP contribution is 2.41. The maximum atomic E-state index is 12.1. The van der Waals surface area contributed by atoms with E-state index in [0.717, 1.165) is 32.1 Å². The van der Waals surface area contributed by atoms with Crippen LogP contribution in [0.3, 0.4) is 0 Å². The van der Waals surface area contributed by atoms with Crippen molar-refractivity contribution < 1.29 is 19.1 Å². The van der Waals surface area contributed by atoms with E-state index in [9.17, 15) is 9.59 Å². The van der Waals surface area contributed by atoms with Gasteiger partial charge in [0.1, 0.15) is 5.60 Å². The number of hydrogen-bond acceptors (Lipinski definition) is 6. The molecule has 1 heterocycles. The second-order valence-electron chi connectivity index (χ2n) is 7.78. The predicted octanol–water partition coefficient (Wildman–Crippen LogP) is 2.90. The first kappa shape index (κ1) is 20.1. The number of aromatic nitrogens is 2. The van der Waals surface area contributed by atoms with Gasteiger partial charge in [-0.1, -0.05) is 19.3 Å². The van der Waals surface area contributed by atoms with Gasteiger partial charge in [0.2, 0.25) is 0 Å². The number of ether oxygens (including phenoxy) is 2. The largest absolute Gasteiger partial charge is 0.461 e. The quantitative estimate of drug-likeness (QED) is 0.689. The molecule has 0 atom stereocenters. The molecular weight excluding hydrogens is 336 g/mol. The summed E-state index contributed by atoms with van der Waals surface area (Å²) in [7, 11) is 0. The van der Waals surface area contributed by atoms with E-state index < -0.39 is 23.1 Å². The Hall–Kier alpha value is -2.25. The lowest BCUT2D eigenvalue weighted by Gasteiger charge is -2.37. The predicted molar refractivity (Wildman–Crippen MR) is 98.0 cm³/mol. The lowest BCUT2D eigenvalue weighted by molar-refractivity contribution is 0.0501. The second-order valence-corrected chi connectivity index (χ2v) is 7.78. The Morgan fingerprint density at radius 1 is 1.27 bits per heavy atom. The van der Waals surface area contributed by atoms with Crippen LogP contribution in [0.4, 0.5) is 10.5 Å². The fourth-order valence-electron chi connectivity index (χ4n) is 3.41. The van der Waals surface area contributed by atoms with Gasteiger partial charge in [-0.05, 0) is 40.5 Å². The number of rotatable bonds is 5. The summed E-state index contributed by atoms with van der Waals surface area (Å²) in [6.07, 6.45) is 4.39. The van der Waals surface area contributed by atoms with E-state index in [1.165, 1.54) is 0 Å². The van der Waals surface area contributed by atoms with Gasteiger partial charge in [0.15, 0.2) is 5.69 Å². The van der Waals surface area contributed by atoms with Crippen molar-refractivity contribution in [2.75, 3.05) is 18.9 Å². The number of nitrogen functional groups attached to an aromatic ring is 1. The summed E-state index contributed by atoms with van der Waals surface area (Å²) in [6.45, 7) is 7.82. The average molecular weight is 366 g/mol. The SMILES string of the molecule is CCOC(=O)c1n[nH]c(C2(CNC(=O)OC(C)(C)C)CCCCC2)c1N. The number of nitrogens with one attached hydrogen (secondary N) is 2. The van der Waals surface area contributed by atoms with Crippen LogP contribution < -0.4 is 11.1 Å². The monoisotopic (exact) mass is 366 g/mol. The molecule has 4 N–H and O–H groups in total. The van der Waals surface area contributed by atoms with Gasteiger partial charge in [-0.3, -0.25) is 5.10 Å². The number of aromatic amines is 1. The molecular formula is C18H30N4O4. The summed E-state index contributed by atoms with van der Waals surface area (Å²) in [5, 5.41) is 9.86. The van der Waals surface area contributed by atoms with Gasteiger partial charge in [-0.15, -0.1) is 0 Å². The number of alkyl carbamates (subject to hydrolysis) is 1. The standard InChI is InChI=1S/C18H30N4O4/c1-5-25-15(23)13-12(19)14(22-21-13)18(9-7-6-8-10-18)11-20-16(24)26-17(2,3)4/h5-11,19H2,1-4H3,(H,20,24)(H,21,22). The number of carbonyl (C=O) groups is 2. The van der Waals surface area contributed by atoms with Gasteiger partial charge in [0, 0.05) is 12.0 Å². The van der Waals surface area contributed by atoms with Crippen molar-refractivity contribution in [1.29, 1.82) is 0 Å². The summed E-state index contributed by atoms with van der Waals surface area (Å²) < 4.78 is 10.3. The third-order valence-electron chi connectivity index (χ3n) is 4.58. The van der Waals surface area contributed by atoms with Crippen molar-refractivity contribution in [1.82, 2.24) is 15.5 Å². The Balaban J connectivity index is 2.22. The number of amides is 1. The van der Waals surface area contributed by atoms with Crippen molar-refractivity contribution in [3.63, 3.8) is 0 Å². The van der Waals surface area contributed by atoms with E-state index in [1.807, 2.05) is 20.8 Å². The minimum Gasteiger partial charge on any atom is -0.461 e. The molecule has 0 saturated heterocycles. The lowest BCUT2D eigenvalue weighted by Crippen LogP contribution is -2.44. The Morgan fingerprint density at radius 3 is 2.50 bits per heavy atom. The van der Waals surface area contributed by atoms with Gasteiger partial charge in [0.05, 0.1) is 18.0 Å². The Kier molecular flexibility index (Phi) is 6.15. The molecule has 1 aromatic heterocycles. The van der Waals surface area contributed by atoms with Crippen molar-refractivity contribution in [3.8, 4) is 0 Å². The first-order valence-electron chi connectivity index (χ1n) is 9.17. The number of carbonyl (C=O) groups excluding carboxylic acids is 2. The topological polar surface area (TPSA) is 119 Å². The maximum Gasteiger partial charge on any atom is 0.407 e. The van der Waals surface area contributed by atoms with Crippen molar-refractivity contribution in [2.45, 2.75) is 70.8 Å². The first-order valence-corrected chi connectivity index (χ1v) is 9.17. The van der Waals surface area contributed by atoms with Gasteiger partial charge >= 0.3 is 12.1 Å². The minimum atomic E-state index is -0.562. The molecule has 0 bridgehead atoms. The molecule has 0 aliphatic heterocycles. The molecule has 146 valence electrons. The minimum absolute atomic E-state index is 0.101. The summed E-state index contributed by atoms with van der Waals surface area (Å²) in [6, 6.07) is 0. The zero-order chi connectivity index (χ0) is 19.4. The molecule has 1 aliphatic carbocycles. The van der Waals surface area contributed by atoms with Crippen LogP contribution in [-0.4, -0.2) is 41.0 Å². The zero-order valence-corrected chi connectivity index (χ0v) is 16.1. The third kappa shape index (κ3) is 4.68. The second kappa shape index (κ2) is 7.97. The molecule has 1 amide bonds. The smallest absolute Gasteiger partial charge is 0.407 e. The number of H-pyrrole nitrogens is 1. The van der Waals surface area contributed by atoms with Crippen LogP contribution in [0.15, 0.2) is 0 Å². The van der Waals surface area contributed by atoms with E-state index in [4.69, 9.17) is 15.2 Å². The Morgan fingerprint density at radius 2 is 1.92 bits per heavy atom. The van der Waals surface area contributed by atoms with E-state index in [2.05, 4.69) is 15.5 Å². The number of nitrogens with zero attached hydrogens (tertiary/aromatic N) is 1. The molecule has 8 nitrogen and oxygen atoms in total. The van der Waals surface area contributed by atoms with Crippen molar-refractivity contribution >= 4 is 17.7 Å². The molecule has 2 rings (SSSR count). The van der Waals surface area contributed by atoms with Crippen molar-refractivity contribution in [3.05, 3.63) is 11.4 Å². The summed E-state index contributed by atoms with van der Waals surface area (Å²) >= 11 is 0. The molecule has 26 heavy (non-hydrogen) atoms. The molecule has 1 fully saturated rings. The van der Waals surface area contributed by atoms with E-state index in [1.54, 1.807) is 6.92 Å². The zero-order valence-electron chi connectivity index (χ0n) is 16.1. The van der Waals surface area contributed by atoms with Crippen LogP contribution in [-0.2, 0) is 14.9 Å². The summed E-state index contributed by atoms with van der Waals surface area (Å²) in [4.78, 5) is 24.1.